The Morgan fingerprint density at radius 2 is 2.31 bits per heavy atom. The molecule has 1 aromatic carbocycles. The van der Waals surface area contributed by atoms with Crippen LogP contribution in [0.3, 0.4) is 0 Å². The van der Waals surface area contributed by atoms with Gasteiger partial charge in [-0.1, -0.05) is 11.6 Å². The molecule has 0 heterocycles. The average Bonchev–Trinajstić information content (AvgIpc) is 2.04. The summed E-state index contributed by atoms with van der Waals surface area (Å²) < 4.78 is 0. The second-order valence-electron chi connectivity index (χ2n) is 2.39. The molecule has 0 amide bonds. The van der Waals surface area contributed by atoms with E-state index in [0.717, 1.165) is 11.8 Å². The number of Topliss-reactive ketones (excluding diaryl/α,β-unsaturated/α-hetero) is 1. The lowest BCUT2D eigenvalue weighted by Gasteiger charge is -2.01. The first-order valence-electron chi connectivity index (χ1n) is 3.51. The van der Waals surface area contributed by atoms with Crippen LogP contribution in [-0.2, 0) is 0 Å². The van der Waals surface area contributed by atoms with Crippen LogP contribution < -0.4 is 0 Å². The maximum Gasteiger partial charge on any atom is 0.160 e. The second kappa shape index (κ2) is 4.31. The highest BCUT2D eigenvalue weighted by Crippen LogP contribution is 2.25. The van der Waals surface area contributed by atoms with E-state index in [4.69, 9.17) is 16.9 Å². The maximum atomic E-state index is 11.1. The SMILES string of the molecule is CC(=O)c1ccc(Cl)cc1SC#N. The summed E-state index contributed by atoms with van der Waals surface area (Å²) in [7, 11) is 0. The quantitative estimate of drug-likeness (QED) is 0.429. The summed E-state index contributed by atoms with van der Waals surface area (Å²) in [5.41, 5.74) is 0.538. The number of hydrogen-bond donors (Lipinski definition) is 0. The molecular formula is C9H6ClNOS. The van der Waals surface area contributed by atoms with E-state index < -0.39 is 0 Å². The Balaban J connectivity index is 3.20. The number of benzene rings is 1. The van der Waals surface area contributed by atoms with Gasteiger partial charge >= 0.3 is 0 Å². The van der Waals surface area contributed by atoms with E-state index in [1.165, 1.54) is 6.92 Å². The monoisotopic (exact) mass is 211 g/mol. The highest BCUT2D eigenvalue weighted by atomic mass is 35.5. The molecule has 0 unspecified atom stereocenters. The van der Waals surface area contributed by atoms with Crippen molar-refractivity contribution in [3.05, 3.63) is 28.8 Å². The number of halogens is 1. The van der Waals surface area contributed by atoms with Gasteiger partial charge in [-0.25, -0.2) is 0 Å². The van der Waals surface area contributed by atoms with Gasteiger partial charge in [-0.05, 0) is 36.9 Å². The molecule has 0 radical (unpaired) electrons. The lowest BCUT2D eigenvalue weighted by atomic mass is 10.1. The van der Waals surface area contributed by atoms with Crippen molar-refractivity contribution in [3.63, 3.8) is 0 Å². The smallest absolute Gasteiger partial charge is 0.160 e. The number of rotatable bonds is 2. The molecule has 0 aliphatic carbocycles. The zero-order valence-corrected chi connectivity index (χ0v) is 8.45. The Morgan fingerprint density at radius 3 is 2.85 bits per heavy atom. The van der Waals surface area contributed by atoms with Crippen molar-refractivity contribution in [2.45, 2.75) is 11.8 Å². The normalized spacial score (nSPS) is 9.31. The van der Waals surface area contributed by atoms with Crippen LogP contribution >= 0.6 is 23.4 Å². The Labute approximate surface area is 85.5 Å². The molecule has 4 heteroatoms. The van der Waals surface area contributed by atoms with Crippen LogP contribution in [0.4, 0.5) is 0 Å². The molecule has 0 aliphatic heterocycles. The minimum Gasteiger partial charge on any atom is -0.294 e. The third kappa shape index (κ3) is 2.48. The highest BCUT2D eigenvalue weighted by Gasteiger charge is 2.07. The first-order chi connectivity index (χ1) is 6.15. The van der Waals surface area contributed by atoms with Gasteiger partial charge in [-0.3, -0.25) is 4.79 Å². The largest absolute Gasteiger partial charge is 0.294 e. The van der Waals surface area contributed by atoms with Crippen LogP contribution in [0.15, 0.2) is 23.1 Å². The van der Waals surface area contributed by atoms with Crippen LogP contribution in [-0.4, -0.2) is 5.78 Å². The van der Waals surface area contributed by atoms with Crippen molar-refractivity contribution < 1.29 is 4.79 Å². The molecule has 0 atom stereocenters. The van der Waals surface area contributed by atoms with E-state index in [-0.39, 0.29) is 5.78 Å². The molecule has 0 aliphatic rings. The standard InChI is InChI=1S/C9H6ClNOS/c1-6(12)8-3-2-7(10)4-9(8)13-5-11/h2-4H,1H3. The summed E-state index contributed by atoms with van der Waals surface area (Å²) >= 11 is 6.67. The molecular weight excluding hydrogens is 206 g/mol. The molecule has 0 aromatic heterocycles. The molecule has 1 aromatic rings. The molecule has 0 fully saturated rings. The topological polar surface area (TPSA) is 40.9 Å². The van der Waals surface area contributed by atoms with Crippen molar-refractivity contribution in [1.29, 1.82) is 5.26 Å². The van der Waals surface area contributed by atoms with Crippen LogP contribution in [0.5, 0.6) is 0 Å². The summed E-state index contributed by atoms with van der Waals surface area (Å²) in [4.78, 5) is 11.7. The summed E-state index contributed by atoms with van der Waals surface area (Å²) in [5.74, 6) is -0.0607. The first kappa shape index (κ1) is 10.1. The number of thiocyanates is 1. The number of nitriles is 1. The summed E-state index contributed by atoms with van der Waals surface area (Å²) in [6.07, 6.45) is 0. The number of carbonyl (C=O) groups excluding carboxylic acids is 1. The number of thioether (sulfide) groups is 1. The second-order valence-corrected chi connectivity index (χ2v) is 3.65. The Bertz CT molecular complexity index is 384. The molecule has 0 bridgehead atoms. The summed E-state index contributed by atoms with van der Waals surface area (Å²) in [6, 6.07) is 4.89. The van der Waals surface area contributed by atoms with Gasteiger partial charge in [-0.15, -0.1) is 0 Å². The minimum absolute atomic E-state index is 0.0607. The molecule has 1 rings (SSSR count). The number of hydrogen-bond acceptors (Lipinski definition) is 3. The van der Waals surface area contributed by atoms with E-state index >= 15 is 0 Å². The molecule has 0 N–H and O–H groups in total. The average molecular weight is 212 g/mol. The zero-order valence-electron chi connectivity index (χ0n) is 6.87. The van der Waals surface area contributed by atoms with Crippen molar-refractivity contribution in [1.82, 2.24) is 0 Å². The lowest BCUT2D eigenvalue weighted by Crippen LogP contribution is -1.93. The molecule has 13 heavy (non-hydrogen) atoms. The van der Waals surface area contributed by atoms with Crippen molar-refractivity contribution >= 4 is 29.1 Å². The van der Waals surface area contributed by atoms with Gasteiger partial charge in [0.15, 0.2) is 5.78 Å². The van der Waals surface area contributed by atoms with E-state index in [0.29, 0.717) is 15.5 Å². The van der Waals surface area contributed by atoms with Crippen LogP contribution in [0.2, 0.25) is 5.02 Å². The van der Waals surface area contributed by atoms with E-state index in [1.54, 1.807) is 18.2 Å². The number of ketones is 1. The maximum absolute atomic E-state index is 11.1. The minimum atomic E-state index is -0.0607. The van der Waals surface area contributed by atoms with Gasteiger partial charge in [0.25, 0.3) is 0 Å². The Morgan fingerprint density at radius 1 is 1.62 bits per heavy atom. The van der Waals surface area contributed by atoms with Crippen molar-refractivity contribution in [3.8, 4) is 5.40 Å². The van der Waals surface area contributed by atoms with Gasteiger partial charge in [0.05, 0.1) is 0 Å². The fraction of sp³-hybridized carbons (Fsp3) is 0.111. The lowest BCUT2D eigenvalue weighted by molar-refractivity contribution is 0.101. The third-order valence-electron chi connectivity index (χ3n) is 1.48. The van der Waals surface area contributed by atoms with Crippen molar-refractivity contribution in [2.75, 3.05) is 0 Å². The van der Waals surface area contributed by atoms with Gasteiger partial charge < -0.3 is 0 Å². The molecule has 66 valence electrons. The Hall–Kier alpha value is -0.980. The summed E-state index contributed by atoms with van der Waals surface area (Å²) in [6.45, 7) is 1.46. The van der Waals surface area contributed by atoms with Crippen molar-refractivity contribution in [2.24, 2.45) is 0 Å². The van der Waals surface area contributed by atoms with E-state index in [9.17, 15) is 4.79 Å². The van der Waals surface area contributed by atoms with Gasteiger partial charge in [0.1, 0.15) is 5.40 Å². The van der Waals surface area contributed by atoms with Gasteiger partial charge in [-0.2, -0.15) is 5.26 Å². The zero-order chi connectivity index (χ0) is 9.84. The fourth-order valence-corrected chi connectivity index (χ4v) is 1.76. The fourth-order valence-electron chi connectivity index (χ4n) is 0.921. The molecule has 0 spiro atoms. The predicted octanol–water partition coefficient (Wildman–Crippen LogP) is 3.12. The van der Waals surface area contributed by atoms with E-state index in [2.05, 4.69) is 0 Å². The van der Waals surface area contributed by atoms with Gasteiger partial charge in [0.2, 0.25) is 0 Å². The molecule has 0 saturated heterocycles. The van der Waals surface area contributed by atoms with Crippen LogP contribution in [0, 0.1) is 10.7 Å². The van der Waals surface area contributed by atoms with Crippen LogP contribution in [0.1, 0.15) is 17.3 Å². The summed E-state index contributed by atoms with van der Waals surface area (Å²) in [5, 5.41) is 10.9. The molecule has 2 nitrogen and oxygen atoms in total. The van der Waals surface area contributed by atoms with E-state index in [1.807, 2.05) is 5.40 Å². The molecule has 0 saturated carbocycles. The van der Waals surface area contributed by atoms with Crippen LogP contribution in [0.25, 0.3) is 0 Å². The number of carbonyl (C=O) groups is 1. The highest BCUT2D eigenvalue weighted by molar-refractivity contribution is 8.03. The first-order valence-corrected chi connectivity index (χ1v) is 4.71. The Kier molecular flexibility index (Phi) is 3.35. The van der Waals surface area contributed by atoms with Gasteiger partial charge in [0, 0.05) is 15.5 Å². The predicted molar refractivity (Wildman–Crippen MR) is 52.9 cm³/mol. The third-order valence-corrected chi connectivity index (χ3v) is 2.36. The number of nitrogens with zero attached hydrogens (tertiary/aromatic N) is 1.